The first-order valence-electron chi connectivity index (χ1n) is 5.74. The quantitative estimate of drug-likeness (QED) is 0.536. The van der Waals surface area contributed by atoms with Gasteiger partial charge in [-0.1, -0.05) is 0 Å². The molecule has 0 spiro atoms. The average Bonchev–Trinajstić information content (AvgIpc) is 2.82. The molecular weight excluding hydrogens is 323 g/mol. The molecule has 7 nitrogen and oxygen atoms in total. The molecule has 3 heterocycles. The zero-order valence-corrected chi connectivity index (χ0v) is 12.5. The minimum Gasteiger partial charge on any atom is -0.543 e. The summed E-state index contributed by atoms with van der Waals surface area (Å²) < 4.78 is 7.54. The normalized spacial score (nSPS) is 15.2. The van der Waals surface area contributed by atoms with Crippen molar-refractivity contribution >= 4 is 33.4 Å². The van der Waals surface area contributed by atoms with Gasteiger partial charge in [0.2, 0.25) is 0 Å². The van der Waals surface area contributed by atoms with Crippen LogP contribution in [0.4, 0.5) is 5.82 Å². The Morgan fingerprint density at radius 1 is 1.30 bits per heavy atom. The van der Waals surface area contributed by atoms with Crippen molar-refractivity contribution in [2.75, 3.05) is 31.2 Å². The molecule has 0 aliphatic carbocycles. The molecule has 0 N–H and O–H groups in total. The molecule has 2 aromatic heterocycles. The van der Waals surface area contributed by atoms with Crippen molar-refractivity contribution in [3.05, 3.63) is 22.7 Å². The van der Waals surface area contributed by atoms with Crippen LogP contribution in [0.1, 0.15) is 10.5 Å². The smallest absolute Gasteiger partial charge is 0.543 e. The number of ether oxygens (including phenoxy) is 1. The van der Waals surface area contributed by atoms with Gasteiger partial charge in [0, 0.05) is 25.5 Å². The van der Waals surface area contributed by atoms with E-state index >= 15 is 0 Å². The van der Waals surface area contributed by atoms with Crippen LogP contribution in [0, 0.1) is 0 Å². The van der Waals surface area contributed by atoms with E-state index in [2.05, 4.69) is 25.9 Å². The maximum absolute atomic E-state index is 10.9. The molecule has 0 atom stereocenters. The van der Waals surface area contributed by atoms with Gasteiger partial charge in [-0.05, 0) is 15.9 Å². The van der Waals surface area contributed by atoms with Crippen molar-refractivity contribution in [3.8, 4) is 0 Å². The minimum absolute atomic E-state index is 0. The molecule has 20 heavy (non-hydrogen) atoms. The third-order valence-electron chi connectivity index (χ3n) is 2.91. The van der Waals surface area contributed by atoms with E-state index in [1.807, 2.05) is 4.90 Å². The summed E-state index contributed by atoms with van der Waals surface area (Å²) in [6, 6.07) is 0. The fourth-order valence-electron chi connectivity index (χ4n) is 2.04. The van der Waals surface area contributed by atoms with E-state index in [-0.39, 0.29) is 24.6 Å². The molecule has 1 fully saturated rings. The Kier molecular flexibility index (Phi) is 4.70. The third kappa shape index (κ3) is 2.83. The number of hydrogen-bond acceptors (Lipinski definition) is 6. The van der Waals surface area contributed by atoms with Crippen molar-refractivity contribution in [1.82, 2.24) is 14.4 Å². The number of imidazole rings is 1. The second kappa shape index (κ2) is 6.14. The van der Waals surface area contributed by atoms with Gasteiger partial charge in [-0.15, -0.1) is 0 Å². The average molecular weight is 333 g/mol. The molecule has 0 unspecified atom stereocenters. The van der Waals surface area contributed by atoms with Gasteiger partial charge in [-0.25, -0.2) is 9.97 Å². The summed E-state index contributed by atoms with van der Waals surface area (Å²) in [4.78, 5) is 21.4. The van der Waals surface area contributed by atoms with Crippen LogP contribution >= 0.6 is 15.9 Å². The van der Waals surface area contributed by atoms with E-state index in [1.54, 1.807) is 10.6 Å². The van der Waals surface area contributed by atoms with Crippen LogP contribution < -0.4 is 28.9 Å². The first kappa shape index (κ1) is 15.3. The number of carboxylic acid groups (broad SMARTS) is 1. The SMILES string of the molecule is O=C([O-])c1cn2cc(Br)nc(N3CCOCC3)c2n1.[Li+]. The topological polar surface area (TPSA) is 82.8 Å². The first-order valence-corrected chi connectivity index (χ1v) is 6.54. The van der Waals surface area contributed by atoms with Gasteiger partial charge >= 0.3 is 18.9 Å². The van der Waals surface area contributed by atoms with E-state index in [4.69, 9.17) is 4.74 Å². The second-order valence-electron chi connectivity index (χ2n) is 4.13. The van der Waals surface area contributed by atoms with E-state index in [0.29, 0.717) is 42.4 Å². The molecule has 0 saturated carbocycles. The van der Waals surface area contributed by atoms with Crippen LogP contribution in [-0.4, -0.2) is 46.6 Å². The van der Waals surface area contributed by atoms with Crippen LogP contribution in [-0.2, 0) is 4.74 Å². The monoisotopic (exact) mass is 332 g/mol. The number of aromatic nitrogens is 3. The molecule has 0 bridgehead atoms. The number of morpholine rings is 1. The van der Waals surface area contributed by atoms with E-state index in [1.165, 1.54) is 6.20 Å². The molecule has 0 amide bonds. The molecule has 1 saturated heterocycles. The molecule has 0 radical (unpaired) electrons. The van der Waals surface area contributed by atoms with Crippen molar-refractivity contribution in [2.45, 2.75) is 0 Å². The molecule has 9 heteroatoms. The molecule has 1 aliphatic heterocycles. The summed E-state index contributed by atoms with van der Waals surface area (Å²) in [7, 11) is 0. The first-order chi connectivity index (χ1) is 9.15. The molecule has 1 aliphatic rings. The minimum atomic E-state index is -1.30. The van der Waals surface area contributed by atoms with Crippen LogP contribution in [0.5, 0.6) is 0 Å². The van der Waals surface area contributed by atoms with Crippen LogP contribution in [0.2, 0.25) is 0 Å². The number of carbonyl (C=O) groups is 1. The number of hydrogen-bond donors (Lipinski definition) is 0. The zero-order chi connectivity index (χ0) is 13.4. The summed E-state index contributed by atoms with van der Waals surface area (Å²) in [5.41, 5.74) is 0.402. The number of rotatable bonds is 2. The van der Waals surface area contributed by atoms with Gasteiger partial charge in [0.05, 0.1) is 19.2 Å². The molecule has 0 aromatic carbocycles. The Bertz CT molecular complexity index is 642. The van der Waals surface area contributed by atoms with Gasteiger partial charge in [0.15, 0.2) is 11.5 Å². The van der Waals surface area contributed by atoms with Crippen LogP contribution in [0.15, 0.2) is 17.0 Å². The number of carbonyl (C=O) groups excluding carboxylic acids is 1. The van der Waals surface area contributed by atoms with Gasteiger partial charge in [-0.2, -0.15) is 0 Å². The largest absolute Gasteiger partial charge is 1.00 e. The Morgan fingerprint density at radius 3 is 2.65 bits per heavy atom. The fraction of sp³-hybridized carbons (Fsp3) is 0.364. The Labute approximate surface area is 135 Å². The van der Waals surface area contributed by atoms with Gasteiger partial charge in [-0.3, -0.25) is 0 Å². The molecular formula is C11H10BrLiN4O3. The van der Waals surface area contributed by atoms with Crippen molar-refractivity contribution in [2.24, 2.45) is 0 Å². The van der Waals surface area contributed by atoms with E-state index < -0.39 is 5.97 Å². The fourth-order valence-corrected chi connectivity index (χ4v) is 2.43. The van der Waals surface area contributed by atoms with Gasteiger partial charge < -0.3 is 23.9 Å². The maximum atomic E-state index is 10.9. The summed E-state index contributed by atoms with van der Waals surface area (Å²) in [6.07, 6.45) is 3.08. The third-order valence-corrected chi connectivity index (χ3v) is 3.29. The number of fused-ring (bicyclic) bond motifs is 1. The zero-order valence-electron chi connectivity index (χ0n) is 10.9. The Hall–Kier alpha value is -1.07. The summed E-state index contributed by atoms with van der Waals surface area (Å²) in [5.74, 6) is -0.655. The van der Waals surface area contributed by atoms with Crippen molar-refractivity contribution < 1.29 is 33.5 Å². The maximum Gasteiger partial charge on any atom is 1.00 e. The summed E-state index contributed by atoms with van der Waals surface area (Å²) >= 11 is 3.32. The van der Waals surface area contributed by atoms with E-state index in [0.717, 1.165) is 0 Å². The second-order valence-corrected chi connectivity index (χ2v) is 4.94. The van der Waals surface area contributed by atoms with Crippen molar-refractivity contribution in [3.63, 3.8) is 0 Å². The molecule has 100 valence electrons. The summed E-state index contributed by atoms with van der Waals surface area (Å²) in [6.45, 7) is 2.64. The number of halogens is 1. The Morgan fingerprint density at radius 2 is 2.00 bits per heavy atom. The number of aromatic carboxylic acids is 1. The number of anilines is 1. The number of nitrogens with zero attached hydrogens (tertiary/aromatic N) is 4. The van der Waals surface area contributed by atoms with Crippen molar-refractivity contribution in [1.29, 1.82) is 0 Å². The van der Waals surface area contributed by atoms with Crippen LogP contribution in [0.25, 0.3) is 5.65 Å². The molecule has 3 rings (SSSR count). The number of carboxylic acids is 1. The predicted molar refractivity (Wildman–Crippen MR) is 68.0 cm³/mol. The standard InChI is InChI=1S/C11H11BrN4O3.Li/c12-8-6-16-5-7(11(17)18)13-9(16)10(14-8)15-1-3-19-4-2-15;/h5-6H,1-4H2,(H,17,18);/q;+1/p-1. The van der Waals surface area contributed by atoms with Gasteiger partial charge in [0.25, 0.3) is 0 Å². The predicted octanol–water partition coefficient (Wildman–Crippen LogP) is -3.30. The van der Waals surface area contributed by atoms with Gasteiger partial charge in [0.1, 0.15) is 10.3 Å². The summed E-state index contributed by atoms with van der Waals surface area (Å²) in [5, 5.41) is 10.9. The van der Waals surface area contributed by atoms with Crippen LogP contribution in [0.3, 0.4) is 0 Å². The van der Waals surface area contributed by atoms with E-state index in [9.17, 15) is 9.90 Å². The Balaban J connectivity index is 0.00000147. The molecule has 2 aromatic rings.